The number of aliphatic hydroxyl groups is 5. The Labute approximate surface area is 194 Å². The molecule has 3 rings (SSSR count). The Hall–Kier alpha value is -1.34. The minimum atomic E-state index is -5.69. The van der Waals surface area contributed by atoms with Crippen molar-refractivity contribution < 1.29 is 67.9 Å². The van der Waals surface area contributed by atoms with Gasteiger partial charge in [-0.15, -0.1) is 0 Å². The van der Waals surface area contributed by atoms with Crippen molar-refractivity contribution in [3.05, 3.63) is 33.1 Å². The summed E-state index contributed by atoms with van der Waals surface area (Å²) in [6, 6.07) is 0.970. The molecule has 1 aromatic heterocycles. The number of nitrogens with one attached hydrogen (secondary N) is 1. The predicted molar refractivity (Wildman–Crippen MR) is 107 cm³/mol. The van der Waals surface area contributed by atoms with Gasteiger partial charge in [-0.05, 0) is 0 Å². The van der Waals surface area contributed by atoms with Crippen molar-refractivity contribution in [1.82, 2.24) is 9.55 Å². The fourth-order valence-electron chi connectivity index (χ4n) is 3.67. The first-order chi connectivity index (χ1) is 16.1. The van der Waals surface area contributed by atoms with Crippen LogP contribution in [0.5, 0.6) is 0 Å². The van der Waals surface area contributed by atoms with Crippen LogP contribution in [-0.2, 0) is 27.7 Å². The number of hydrogen-bond acceptors (Lipinski definition) is 13. The molecule has 1 unspecified atom stereocenters. The summed E-state index contributed by atoms with van der Waals surface area (Å²) in [5, 5.41) is 47.4. The fourth-order valence-corrected chi connectivity index (χ4v) is 6.31. The second-order valence-corrected chi connectivity index (χ2v) is 11.2. The fraction of sp³-hybridized carbons (Fsp3) is 0.733. The van der Waals surface area contributed by atoms with E-state index in [1.165, 1.54) is 0 Å². The number of nitrogens with zero attached hydrogens (tertiary/aromatic N) is 1. The van der Waals surface area contributed by atoms with E-state index in [1.807, 2.05) is 4.98 Å². The van der Waals surface area contributed by atoms with E-state index >= 15 is 0 Å². The molecule has 1 aromatic rings. The molecule has 3 heterocycles. The molecular formula is C15H24N2O16P2. The van der Waals surface area contributed by atoms with Crippen LogP contribution in [0.2, 0.25) is 0 Å². The Morgan fingerprint density at radius 1 is 1.14 bits per heavy atom. The summed E-state index contributed by atoms with van der Waals surface area (Å²) in [5.41, 5.74) is -1.66. The van der Waals surface area contributed by atoms with Gasteiger partial charge in [0.15, 0.2) is 12.5 Å². The number of phosphoric acid groups is 1. The number of hydrogen-bond donors (Lipinski definition) is 9. The molecule has 20 heteroatoms. The Morgan fingerprint density at radius 3 is 2.37 bits per heavy atom. The van der Waals surface area contributed by atoms with E-state index in [9.17, 15) is 49.1 Å². The quantitative estimate of drug-likeness (QED) is 0.138. The van der Waals surface area contributed by atoms with E-state index in [1.54, 1.807) is 0 Å². The molecule has 0 radical (unpaired) electrons. The first-order valence-corrected chi connectivity index (χ1v) is 12.9. The van der Waals surface area contributed by atoms with Crippen molar-refractivity contribution >= 4 is 15.4 Å². The second kappa shape index (κ2) is 10.2. The molecule has 2 saturated heterocycles. The maximum absolute atomic E-state index is 12.5. The monoisotopic (exact) mass is 550 g/mol. The SMILES string of the molecule is O=c1ccn([C@@H]2O[C@H](CO[C@@H]3C[C@@H](O)[C@H](O)[C@](CO)(P(=O)(O)OP(=O)(O)O)O3)[C@@H](O)[C@H]2O)c(=O)[nH]1. The summed E-state index contributed by atoms with van der Waals surface area (Å²) in [4.78, 5) is 53.0. The predicted octanol–water partition coefficient (Wildman–Crippen LogP) is -4.38. The first kappa shape index (κ1) is 28.2. The lowest BCUT2D eigenvalue weighted by Crippen LogP contribution is -2.60. The second-order valence-electron chi connectivity index (χ2n) is 7.79. The molecule has 0 aliphatic carbocycles. The molecule has 0 aromatic carbocycles. The molecule has 18 nitrogen and oxygen atoms in total. The van der Waals surface area contributed by atoms with Gasteiger partial charge in [-0.2, -0.15) is 0 Å². The molecular weight excluding hydrogens is 526 g/mol. The highest BCUT2D eigenvalue weighted by Crippen LogP contribution is 2.67. The number of aromatic nitrogens is 2. The maximum atomic E-state index is 12.5. The normalized spacial score (nSPS) is 37.8. The van der Waals surface area contributed by atoms with Crippen molar-refractivity contribution in [3.8, 4) is 0 Å². The van der Waals surface area contributed by atoms with Crippen LogP contribution in [0.25, 0.3) is 0 Å². The van der Waals surface area contributed by atoms with E-state index < -0.39 is 94.7 Å². The van der Waals surface area contributed by atoms with E-state index in [0.29, 0.717) is 0 Å². The van der Waals surface area contributed by atoms with Crippen LogP contribution in [0, 0.1) is 0 Å². The molecule has 35 heavy (non-hydrogen) atoms. The number of ether oxygens (including phenoxy) is 3. The highest BCUT2D eigenvalue weighted by Gasteiger charge is 2.63. The Balaban J connectivity index is 1.75. The molecule has 2 aliphatic heterocycles. The lowest BCUT2D eigenvalue weighted by Gasteiger charge is -2.46. The number of aliphatic hydroxyl groups excluding tert-OH is 5. The highest BCUT2D eigenvalue weighted by atomic mass is 31.3. The van der Waals surface area contributed by atoms with Gasteiger partial charge in [0.2, 0.25) is 5.34 Å². The van der Waals surface area contributed by atoms with Crippen molar-refractivity contribution in [2.75, 3.05) is 13.2 Å². The van der Waals surface area contributed by atoms with Gasteiger partial charge < -0.3 is 54.4 Å². The van der Waals surface area contributed by atoms with Gasteiger partial charge in [0.25, 0.3) is 5.56 Å². The average Bonchev–Trinajstić information content (AvgIpc) is 3.01. The van der Waals surface area contributed by atoms with Crippen LogP contribution >= 0.6 is 15.4 Å². The van der Waals surface area contributed by atoms with Gasteiger partial charge in [0.1, 0.15) is 24.4 Å². The van der Waals surface area contributed by atoms with Crippen molar-refractivity contribution in [2.45, 2.75) is 54.8 Å². The molecule has 200 valence electrons. The van der Waals surface area contributed by atoms with Gasteiger partial charge in [-0.3, -0.25) is 18.9 Å². The highest BCUT2D eigenvalue weighted by molar-refractivity contribution is 7.64. The molecule has 0 amide bonds. The van der Waals surface area contributed by atoms with Gasteiger partial charge in [0.05, 0.1) is 19.3 Å². The summed E-state index contributed by atoms with van der Waals surface area (Å²) >= 11 is 0. The van der Waals surface area contributed by atoms with Crippen molar-refractivity contribution in [1.29, 1.82) is 0 Å². The van der Waals surface area contributed by atoms with Crippen molar-refractivity contribution in [3.63, 3.8) is 0 Å². The molecule has 9 N–H and O–H groups in total. The van der Waals surface area contributed by atoms with Gasteiger partial charge in [-0.1, -0.05) is 0 Å². The summed E-state index contributed by atoms with van der Waals surface area (Å²) in [6.45, 7) is -2.19. The summed E-state index contributed by atoms with van der Waals surface area (Å²) in [6.07, 6.45) is -11.7. The lowest BCUT2D eigenvalue weighted by atomic mass is 10.0. The smallest absolute Gasteiger partial charge is 0.393 e. The largest absolute Gasteiger partial charge is 0.476 e. The topological polar surface area (TPSA) is 288 Å². The lowest BCUT2D eigenvalue weighted by molar-refractivity contribution is -0.283. The molecule has 0 saturated carbocycles. The zero-order valence-corrected chi connectivity index (χ0v) is 19.3. The number of rotatable bonds is 8. The average molecular weight is 550 g/mol. The van der Waals surface area contributed by atoms with Crippen LogP contribution in [0.1, 0.15) is 12.6 Å². The van der Waals surface area contributed by atoms with Crippen LogP contribution in [0.4, 0.5) is 0 Å². The van der Waals surface area contributed by atoms with Crippen LogP contribution < -0.4 is 11.2 Å². The third kappa shape index (κ3) is 5.66. The summed E-state index contributed by atoms with van der Waals surface area (Å²) < 4.78 is 44.1. The molecule has 9 atom stereocenters. The van der Waals surface area contributed by atoms with Gasteiger partial charge >= 0.3 is 21.1 Å². The third-order valence-electron chi connectivity index (χ3n) is 5.43. The molecule has 0 spiro atoms. The third-order valence-corrected chi connectivity index (χ3v) is 8.63. The molecule has 2 fully saturated rings. The summed E-state index contributed by atoms with van der Waals surface area (Å²) in [7, 11) is -11.3. The van der Waals surface area contributed by atoms with E-state index in [-0.39, 0.29) is 0 Å². The molecule has 2 aliphatic rings. The first-order valence-electron chi connectivity index (χ1n) is 9.81. The van der Waals surface area contributed by atoms with Crippen LogP contribution in [0.15, 0.2) is 21.9 Å². The maximum Gasteiger partial charge on any atom is 0.476 e. The Kier molecular flexibility index (Phi) is 8.23. The minimum Gasteiger partial charge on any atom is -0.393 e. The number of aromatic amines is 1. The van der Waals surface area contributed by atoms with Crippen molar-refractivity contribution in [2.24, 2.45) is 0 Å². The zero-order valence-electron chi connectivity index (χ0n) is 17.5. The number of H-pyrrole nitrogens is 1. The Morgan fingerprint density at radius 2 is 1.80 bits per heavy atom. The molecule has 0 bridgehead atoms. The van der Waals surface area contributed by atoms with E-state index in [0.717, 1.165) is 16.8 Å². The van der Waals surface area contributed by atoms with E-state index in [4.69, 9.17) is 24.0 Å². The summed E-state index contributed by atoms with van der Waals surface area (Å²) in [5.74, 6) is 0. The van der Waals surface area contributed by atoms with Crippen LogP contribution in [0.3, 0.4) is 0 Å². The van der Waals surface area contributed by atoms with E-state index in [2.05, 4.69) is 4.31 Å². The standard InChI is InChI=1S/C15H24N2O16P2/c18-5-15(34(25,26)33-35(27,28)29)12(23)6(19)3-9(32-15)30-4-7-10(21)11(22)13(31-7)17-2-1-8(20)16-14(17)24/h1-2,6-7,9-13,18-19,21-23H,3-5H2,(H,25,26)(H,16,20,24)(H2,27,28,29)/t6-,7-,9+,10-,11-,12+,13-,15+/m1/s1. The minimum absolute atomic E-state index is 0.576. The zero-order chi connectivity index (χ0) is 26.3. The van der Waals surface area contributed by atoms with Gasteiger partial charge in [0, 0.05) is 18.7 Å². The van der Waals surface area contributed by atoms with Gasteiger partial charge in [-0.25, -0.2) is 13.7 Å². The Bertz CT molecular complexity index is 1120. The van der Waals surface area contributed by atoms with Crippen LogP contribution in [-0.4, -0.2) is 105 Å².